The highest BCUT2D eigenvalue weighted by Gasteiger charge is 2.13. The van der Waals surface area contributed by atoms with Crippen LogP contribution in [-0.2, 0) is 18.0 Å². The molecule has 2 aromatic heterocycles. The third-order valence-electron chi connectivity index (χ3n) is 2.56. The molecule has 2 aromatic rings. The fraction of sp³-hybridized carbons (Fsp3) is 0.385. The molecule has 0 atom stereocenters. The first-order valence-electron chi connectivity index (χ1n) is 6.02. The Morgan fingerprint density at radius 1 is 1.47 bits per heavy atom. The van der Waals surface area contributed by atoms with Crippen LogP contribution in [0.1, 0.15) is 25.1 Å². The van der Waals surface area contributed by atoms with Crippen LogP contribution in [0.2, 0.25) is 0 Å². The van der Waals surface area contributed by atoms with Gasteiger partial charge in [-0.1, -0.05) is 0 Å². The SMILES string of the molecule is CC(C)OCc1nn(-c2ncccc2F)cc1CO. The Hall–Kier alpha value is -1.79. The average molecular weight is 265 g/mol. The van der Waals surface area contributed by atoms with Crippen LogP contribution < -0.4 is 0 Å². The lowest BCUT2D eigenvalue weighted by atomic mass is 10.3. The molecule has 0 fully saturated rings. The highest BCUT2D eigenvalue weighted by molar-refractivity contribution is 5.27. The molecule has 102 valence electrons. The zero-order chi connectivity index (χ0) is 13.8. The van der Waals surface area contributed by atoms with Crippen LogP contribution in [-0.4, -0.2) is 26.0 Å². The van der Waals surface area contributed by atoms with Gasteiger partial charge in [0.25, 0.3) is 0 Å². The standard InChI is InChI=1S/C13H16FN3O2/c1-9(2)19-8-12-10(7-18)6-17(16-12)13-11(14)4-3-5-15-13/h3-6,9,18H,7-8H2,1-2H3. The fourth-order valence-corrected chi connectivity index (χ4v) is 1.60. The van der Waals surface area contributed by atoms with Gasteiger partial charge < -0.3 is 9.84 Å². The minimum absolute atomic E-state index is 0.0586. The van der Waals surface area contributed by atoms with Crippen molar-refractivity contribution in [3.63, 3.8) is 0 Å². The summed E-state index contributed by atoms with van der Waals surface area (Å²) in [5.74, 6) is -0.362. The first-order valence-corrected chi connectivity index (χ1v) is 6.02. The number of hydrogen-bond donors (Lipinski definition) is 1. The predicted molar refractivity (Wildman–Crippen MR) is 67.2 cm³/mol. The van der Waals surface area contributed by atoms with Crippen LogP contribution in [0.15, 0.2) is 24.5 Å². The number of ether oxygens (including phenoxy) is 1. The number of rotatable bonds is 5. The first-order chi connectivity index (χ1) is 9.11. The van der Waals surface area contributed by atoms with Crippen molar-refractivity contribution in [2.75, 3.05) is 0 Å². The third-order valence-corrected chi connectivity index (χ3v) is 2.56. The van der Waals surface area contributed by atoms with Gasteiger partial charge in [0.15, 0.2) is 11.6 Å². The second-order valence-electron chi connectivity index (χ2n) is 4.37. The average Bonchev–Trinajstić information content (AvgIpc) is 2.80. The van der Waals surface area contributed by atoms with E-state index in [4.69, 9.17) is 4.74 Å². The summed E-state index contributed by atoms with van der Waals surface area (Å²) in [5.41, 5.74) is 1.19. The summed E-state index contributed by atoms with van der Waals surface area (Å²) in [6.07, 6.45) is 3.11. The number of nitrogens with zero attached hydrogens (tertiary/aromatic N) is 3. The minimum atomic E-state index is -0.467. The molecule has 0 aliphatic heterocycles. The lowest BCUT2D eigenvalue weighted by molar-refractivity contribution is 0.0623. The molecule has 0 aliphatic carbocycles. The van der Waals surface area contributed by atoms with Gasteiger partial charge >= 0.3 is 0 Å². The fourth-order valence-electron chi connectivity index (χ4n) is 1.60. The van der Waals surface area contributed by atoms with Crippen LogP contribution in [0.5, 0.6) is 0 Å². The monoisotopic (exact) mass is 265 g/mol. The van der Waals surface area contributed by atoms with E-state index in [0.717, 1.165) is 0 Å². The molecular formula is C13H16FN3O2. The van der Waals surface area contributed by atoms with E-state index in [0.29, 0.717) is 11.3 Å². The maximum absolute atomic E-state index is 13.6. The van der Waals surface area contributed by atoms with Crippen LogP contribution in [0.25, 0.3) is 5.82 Å². The predicted octanol–water partition coefficient (Wildman–Crippen LogP) is 1.82. The molecule has 0 radical (unpaired) electrons. The quantitative estimate of drug-likeness (QED) is 0.896. The van der Waals surface area contributed by atoms with Crippen LogP contribution in [0, 0.1) is 5.82 Å². The van der Waals surface area contributed by atoms with Gasteiger partial charge in [-0.25, -0.2) is 14.1 Å². The number of aromatic nitrogens is 3. The number of halogens is 1. The summed E-state index contributed by atoms with van der Waals surface area (Å²) < 4.78 is 20.4. The van der Waals surface area contributed by atoms with Gasteiger partial charge in [-0.05, 0) is 26.0 Å². The summed E-state index contributed by atoms with van der Waals surface area (Å²) in [5, 5.41) is 13.5. The van der Waals surface area contributed by atoms with E-state index in [1.54, 1.807) is 6.20 Å². The Bertz CT molecular complexity index is 555. The van der Waals surface area contributed by atoms with Gasteiger partial charge in [-0.15, -0.1) is 0 Å². The van der Waals surface area contributed by atoms with Crippen LogP contribution in [0.4, 0.5) is 4.39 Å². The molecule has 19 heavy (non-hydrogen) atoms. The van der Waals surface area contributed by atoms with Crippen molar-refractivity contribution >= 4 is 0 Å². The van der Waals surface area contributed by atoms with Gasteiger partial charge in [-0.2, -0.15) is 5.10 Å². The van der Waals surface area contributed by atoms with Crippen molar-refractivity contribution in [3.05, 3.63) is 41.6 Å². The largest absolute Gasteiger partial charge is 0.392 e. The second kappa shape index (κ2) is 5.90. The normalized spacial score (nSPS) is 11.2. The van der Waals surface area contributed by atoms with Gasteiger partial charge in [0.05, 0.1) is 25.0 Å². The Balaban J connectivity index is 2.31. The van der Waals surface area contributed by atoms with Crippen molar-refractivity contribution < 1.29 is 14.2 Å². The van der Waals surface area contributed by atoms with Crippen molar-refractivity contribution in [3.8, 4) is 5.82 Å². The molecule has 1 N–H and O–H groups in total. The Morgan fingerprint density at radius 2 is 2.26 bits per heavy atom. The summed E-state index contributed by atoms with van der Waals surface area (Å²) in [6, 6.07) is 2.82. The van der Waals surface area contributed by atoms with E-state index in [1.807, 2.05) is 13.8 Å². The Morgan fingerprint density at radius 3 is 2.89 bits per heavy atom. The smallest absolute Gasteiger partial charge is 0.189 e. The minimum Gasteiger partial charge on any atom is -0.392 e. The molecule has 5 nitrogen and oxygen atoms in total. The number of hydrogen-bond acceptors (Lipinski definition) is 4. The van der Waals surface area contributed by atoms with Crippen molar-refractivity contribution in [1.82, 2.24) is 14.8 Å². The van der Waals surface area contributed by atoms with E-state index in [2.05, 4.69) is 10.1 Å². The molecule has 0 amide bonds. The molecular weight excluding hydrogens is 249 g/mol. The molecule has 0 aromatic carbocycles. The van der Waals surface area contributed by atoms with Gasteiger partial charge in [-0.3, -0.25) is 0 Å². The molecule has 2 heterocycles. The second-order valence-corrected chi connectivity index (χ2v) is 4.37. The molecule has 0 spiro atoms. The Kier molecular flexibility index (Phi) is 4.24. The summed E-state index contributed by atoms with van der Waals surface area (Å²) in [7, 11) is 0. The highest BCUT2D eigenvalue weighted by atomic mass is 19.1. The van der Waals surface area contributed by atoms with Gasteiger partial charge in [0.2, 0.25) is 0 Å². The molecule has 0 aliphatic rings. The number of aliphatic hydroxyl groups excluding tert-OH is 1. The molecule has 0 bridgehead atoms. The third kappa shape index (κ3) is 3.15. The van der Waals surface area contributed by atoms with Crippen LogP contribution >= 0.6 is 0 Å². The lowest BCUT2D eigenvalue weighted by Crippen LogP contribution is -2.05. The Labute approximate surface area is 110 Å². The van der Waals surface area contributed by atoms with E-state index in [1.165, 1.54) is 23.0 Å². The molecule has 0 unspecified atom stereocenters. The molecule has 6 heteroatoms. The zero-order valence-corrected chi connectivity index (χ0v) is 10.9. The van der Waals surface area contributed by atoms with E-state index in [9.17, 15) is 9.50 Å². The van der Waals surface area contributed by atoms with Crippen LogP contribution in [0.3, 0.4) is 0 Å². The summed E-state index contributed by atoms with van der Waals surface area (Å²) >= 11 is 0. The maximum atomic E-state index is 13.6. The van der Waals surface area contributed by atoms with E-state index in [-0.39, 0.29) is 25.1 Å². The van der Waals surface area contributed by atoms with Crippen molar-refractivity contribution in [2.24, 2.45) is 0 Å². The molecule has 2 rings (SSSR count). The summed E-state index contributed by atoms with van der Waals surface area (Å²) in [6.45, 7) is 3.92. The first kappa shape index (κ1) is 13.6. The highest BCUT2D eigenvalue weighted by Crippen LogP contribution is 2.14. The topological polar surface area (TPSA) is 60.2 Å². The number of aliphatic hydroxyl groups is 1. The molecule has 0 saturated carbocycles. The molecule has 0 saturated heterocycles. The van der Waals surface area contributed by atoms with Gasteiger partial charge in [0.1, 0.15) is 0 Å². The lowest BCUT2D eigenvalue weighted by Gasteiger charge is -2.06. The van der Waals surface area contributed by atoms with Gasteiger partial charge in [0, 0.05) is 18.0 Å². The van der Waals surface area contributed by atoms with E-state index < -0.39 is 5.82 Å². The van der Waals surface area contributed by atoms with Crippen molar-refractivity contribution in [1.29, 1.82) is 0 Å². The zero-order valence-electron chi connectivity index (χ0n) is 10.9. The maximum Gasteiger partial charge on any atom is 0.189 e. The van der Waals surface area contributed by atoms with E-state index >= 15 is 0 Å². The summed E-state index contributed by atoms with van der Waals surface area (Å²) in [4.78, 5) is 3.94. The number of pyridine rings is 1. The van der Waals surface area contributed by atoms with Crippen molar-refractivity contribution in [2.45, 2.75) is 33.2 Å².